The molecule has 2 aromatic rings. The van der Waals surface area contributed by atoms with Crippen molar-refractivity contribution < 1.29 is 0 Å². The third kappa shape index (κ3) is 3.84. The molecule has 0 amide bonds. The lowest BCUT2D eigenvalue weighted by atomic mass is 10.2. The highest BCUT2D eigenvalue weighted by Gasteiger charge is 2.09. The monoisotopic (exact) mass is 279 g/mol. The smallest absolute Gasteiger partial charge is 0.217 e. The summed E-state index contributed by atoms with van der Waals surface area (Å²) in [5.74, 6) is 1.71. The molecule has 0 aromatic carbocycles. The molecule has 0 saturated carbocycles. The van der Waals surface area contributed by atoms with Gasteiger partial charge in [-0.1, -0.05) is 32.1 Å². The summed E-state index contributed by atoms with van der Waals surface area (Å²) < 4.78 is 2.03. The topological polar surface area (TPSA) is 55.6 Å². The van der Waals surface area contributed by atoms with Crippen LogP contribution >= 0.6 is 11.3 Å². The molecule has 0 radical (unpaired) electrons. The van der Waals surface area contributed by atoms with Gasteiger partial charge in [-0.3, -0.25) is 4.57 Å². The molecule has 0 aliphatic rings. The van der Waals surface area contributed by atoms with E-state index in [0.717, 1.165) is 41.9 Å². The quantitative estimate of drug-likeness (QED) is 0.845. The first-order valence-electron chi connectivity index (χ1n) is 6.76. The molecule has 2 rings (SSSR count). The lowest BCUT2D eigenvalue weighted by Gasteiger charge is -2.04. The normalized spacial score (nSPS) is 11.4. The Bertz CT molecular complexity index is 503. The van der Waals surface area contributed by atoms with Crippen molar-refractivity contribution in [2.75, 3.05) is 6.54 Å². The first-order chi connectivity index (χ1) is 9.20. The van der Waals surface area contributed by atoms with Crippen LogP contribution in [0, 0.1) is 5.92 Å². The fraction of sp³-hybridized carbons (Fsp3) is 0.615. The van der Waals surface area contributed by atoms with Gasteiger partial charge >= 0.3 is 0 Å². The molecular weight excluding hydrogens is 258 g/mol. The Balaban J connectivity index is 2.01. The van der Waals surface area contributed by atoms with Crippen LogP contribution in [0.2, 0.25) is 0 Å². The molecule has 0 aliphatic heterocycles. The maximum atomic E-state index is 4.36. The Hall–Kier alpha value is -1.27. The van der Waals surface area contributed by atoms with E-state index in [1.54, 1.807) is 11.3 Å². The van der Waals surface area contributed by atoms with Gasteiger partial charge in [0, 0.05) is 25.4 Å². The van der Waals surface area contributed by atoms with Crippen molar-refractivity contribution in [1.82, 2.24) is 25.1 Å². The number of hydrogen-bond acceptors (Lipinski definition) is 5. The van der Waals surface area contributed by atoms with Crippen LogP contribution in [0.5, 0.6) is 0 Å². The fourth-order valence-corrected chi connectivity index (χ4v) is 2.61. The zero-order valence-corrected chi connectivity index (χ0v) is 12.6. The minimum absolute atomic E-state index is 0.650. The molecule has 0 bridgehead atoms. The zero-order valence-electron chi connectivity index (χ0n) is 11.8. The molecule has 0 unspecified atom stereocenters. The molecule has 0 saturated heterocycles. The van der Waals surface area contributed by atoms with E-state index in [0.29, 0.717) is 5.92 Å². The molecule has 2 heterocycles. The van der Waals surface area contributed by atoms with Crippen LogP contribution in [-0.4, -0.2) is 26.3 Å². The highest BCUT2D eigenvalue weighted by atomic mass is 32.1. The molecule has 6 heteroatoms. The standard InChI is InChI=1S/C13H21N5S/c1-4-5-11-15-6-7-18(11)13-17-16-12(19-13)9-14-8-10(2)3/h6-7,10,14H,4-5,8-9H2,1-3H3. The minimum Gasteiger partial charge on any atom is -0.310 e. The van der Waals surface area contributed by atoms with Crippen LogP contribution in [0.15, 0.2) is 12.4 Å². The molecular formula is C13H21N5S. The summed E-state index contributed by atoms with van der Waals surface area (Å²) in [6.45, 7) is 8.33. The Labute approximate surface area is 118 Å². The summed E-state index contributed by atoms with van der Waals surface area (Å²) >= 11 is 1.62. The van der Waals surface area contributed by atoms with Crippen LogP contribution in [0.25, 0.3) is 5.13 Å². The van der Waals surface area contributed by atoms with Crippen LogP contribution in [-0.2, 0) is 13.0 Å². The van der Waals surface area contributed by atoms with Crippen LogP contribution in [0.4, 0.5) is 0 Å². The first-order valence-corrected chi connectivity index (χ1v) is 7.58. The molecule has 1 N–H and O–H groups in total. The molecule has 19 heavy (non-hydrogen) atoms. The van der Waals surface area contributed by atoms with Gasteiger partial charge in [-0.25, -0.2) is 4.98 Å². The Morgan fingerprint density at radius 1 is 1.37 bits per heavy atom. The number of nitrogens with one attached hydrogen (secondary N) is 1. The van der Waals surface area contributed by atoms with E-state index in [9.17, 15) is 0 Å². The van der Waals surface area contributed by atoms with Crippen molar-refractivity contribution in [3.05, 3.63) is 23.2 Å². The minimum atomic E-state index is 0.650. The van der Waals surface area contributed by atoms with E-state index in [1.807, 2.05) is 17.0 Å². The van der Waals surface area contributed by atoms with E-state index >= 15 is 0 Å². The van der Waals surface area contributed by atoms with Gasteiger partial charge in [0.1, 0.15) is 10.8 Å². The molecule has 104 valence electrons. The Morgan fingerprint density at radius 2 is 2.21 bits per heavy atom. The molecule has 0 fully saturated rings. The second kappa shape index (κ2) is 6.77. The predicted octanol–water partition coefficient (Wildman–Crippen LogP) is 2.42. The fourth-order valence-electron chi connectivity index (χ4n) is 1.80. The van der Waals surface area contributed by atoms with Gasteiger partial charge in [-0.05, 0) is 18.9 Å². The molecule has 0 spiro atoms. The first kappa shape index (κ1) is 14.1. The number of aromatic nitrogens is 4. The lowest BCUT2D eigenvalue weighted by Crippen LogP contribution is -2.18. The average Bonchev–Trinajstić information content (AvgIpc) is 2.97. The second-order valence-corrected chi connectivity index (χ2v) is 6.01. The largest absolute Gasteiger partial charge is 0.310 e. The molecule has 0 aliphatic carbocycles. The van der Waals surface area contributed by atoms with E-state index in [2.05, 4.69) is 41.3 Å². The van der Waals surface area contributed by atoms with Gasteiger partial charge in [-0.2, -0.15) is 0 Å². The van der Waals surface area contributed by atoms with Gasteiger partial charge in [-0.15, -0.1) is 10.2 Å². The summed E-state index contributed by atoms with van der Waals surface area (Å²) in [5.41, 5.74) is 0. The number of rotatable bonds is 7. The van der Waals surface area contributed by atoms with Crippen LogP contribution < -0.4 is 5.32 Å². The van der Waals surface area contributed by atoms with Gasteiger partial charge in [0.2, 0.25) is 5.13 Å². The zero-order chi connectivity index (χ0) is 13.7. The van der Waals surface area contributed by atoms with Crippen molar-refractivity contribution in [2.45, 2.75) is 40.2 Å². The number of aryl methyl sites for hydroxylation is 1. The average molecular weight is 279 g/mol. The maximum Gasteiger partial charge on any atom is 0.217 e. The summed E-state index contributed by atoms with van der Waals surface area (Å²) in [5, 5.41) is 13.8. The Kier molecular flexibility index (Phi) is 5.04. The van der Waals surface area contributed by atoms with Gasteiger partial charge in [0.25, 0.3) is 0 Å². The highest BCUT2D eigenvalue weighted by molar-refractivity contribution is 7.13. The third-order valence-electron chi connectivity index (χ3n) is 2.68. The SMILES string of the molecule is CCCc1nccn1-c1nnc(CNCC(C)C)s1. The van der Waals surface area contributed by atoms with Gasteiger partial charge in [0.15, 0.2) is 0 Å². The highest BCUT2D eigenvalue weighted by Crippen LogP contribution is 2.17. The van der Waals surface area contributed by atoms with Crippen LogP contribution in [0.3, 0.4) is 0 Å². The lowest BCUT2D eigenvalue weighted by molar-refractivity contribution is 0.550. The molecule has 2 aromatic heterocycles. The van der Waals surface area contributed by atoms with Crippen molar-refractivity contribution in [2.24, 2.45) is 5.92 Å². The summed E-state index contributed by atoms with van der Waals surface area (Å²) in [4.78, 5) is 4.36. The second-order valence-electron chi connectivity index (χ2n) is 4.97. The van der Waals surface area contributed by atoms with Crippen molar-refractivity contribution >= 4 is 11.3 Å². The van der Waals surface area contributed by atoms with Gasteiger partial charge in [0.05, 0.1) is 0 Å². The van der Waals surface area contributed by atoms with Crippen LogP contribution in [0.1, 0.15) is 38.0 Å². The van der Waals surface area contributed by atoms with Gasteiger partial charge < -0.3 is 5.32 Å². The van der Waals surface area contributed by atoms with E-state index in [1.165, 1.54) is 0 Å². The maximum absolute atomic E-state index is 4.36. The van der Waals surface area contributed by atoms with E-state index < -0.39 is 0 Å². The third-order valence-corrected chi connectivity index (χ3v) is 3.60. The van der Waals surface area contributed by atoms with Crippen molar-refractivity contribution in [3.63, 3.8) is 0 Å². The van der Waals surface area contributed by atoms with E-state index in [4.69, 9.17) is 0 Å². The number of nitrogens with zero attached hydrogens (tertiary/aromatic N) is 4. The van der Waals surface area contributed by atoms with Crippen molar-refractivity contribution in [3.8, 4) is 5.13 Å². The number of imidazole rings is 1. The van der Waals surface area contributed by atoms with E-state index in [-0.39, 0.29) is 0 Å². The molecule has 0 atom stereocenters. The molecule has 5 nitrogen and oxygen atoms in total. The summed E-state index contributed by atoms with van der Waals surface area (Å²) in [6.07, 6.45) is 5.83. The van der Waals surface area contributed by atoms with Crippen molar-refractivity contribution in [1.29, 1.82) is 0 Å². The summed E-state index contributed by atoms with van der Waals surface area (Å²) in [6, 6.07) is 0. The summed E-state index contributed by atoms with van der Waals surface area (Å²) in [7, 11) is 0. The predicted molar refractivity (Wildman–Crippen MR) is 77.6 cm³/mol. The Morgan fingerprint density at radius 3 is 2.95 bits per heavy atom. The number of hydrogen-bond donors (Lipinski definition) is 1.